The number of amides is 2. The molecule has 0 radical (unpaired) electrons. The lowest BCUT2D eigenvalue weighted by molar-refractivity contribution is -0.143. The van der Waals surface area contributed by atoms with Gasteiger partial charge in [-0.25, -0.2) is 4.79 Å². The van der Waals surface area contributed by atoms with E-state index in [1.807, 2.05) is 0 Å². The highest BCUT2D eigenvalue weighted by molar-refractivity contribution is 5.90. The third kappa shape index (κ3) is 6.76. The summed E-state index contributed by atoms with van der Waals surface area (Å²) < 4.78 is 9.69. The zero-order valence-electron chi connectivity index (χ0n) is 11.5. The number of nitrogens with one attached hydrogen (secondary N) is 1. The maximum atomic E-state index is 11.4. The number of methoxy groups -OCH3 is 1. The average Bonchev–Trinajstić information content (AvgIpc) is 2.49. The largest absolute Gasteiger partial charge is 0.497 e. The highest BCUT2D eigenvalue weighted by atomic mass is 16.5. The minimum Gasteiger partial charge on any atom is -0.497 e. The van der Waals surface area contributed by atoms with E-state index in [1.165, 1.54) is 6.08 Å². The third-order valence-corrected chi connectivity index (χ3v) is 2.33. The number of ether oxygens (including phenoxy) is 2. The van der Waals surface area contributed by atoms with Gasteiger partial charge in [0, 0.05) is 6.08 Å². The van der Waals surface area contributed by atoms with Crippen molar-refractivity contribution in [3.63, 3.8) is 0 Å². The fourth-order valence-corrected chi connectivity index (χ4v) is 1.30. The van der Waals surface area contributed by atoms with E-state index in [-0.39, 0.29) is 6.54 Å². The van der Waals surface area contributed by atoms with E-state index < -0.39 is 24.4 Å². The van der Waals surface area contributed by atoms with Crippen LogP contribution in [0.5, 0.6) is 5.75 Å². The van der Waals surface area contributed by atoms with E-state index in [0.717, 1.165) is 5.56 Å². The second-order valence-electron chi connectivity index (χ2n) is 3.96. The number of hydrogen-bond acceptors (Lipinski definition) is 5. The van der Waals surface area contributed by atoms with E-state index in [2.05, 4.69) is 10.1 Å². The maximum absolute atomic E-state index is 11.4. The summed E-state index contributed by atoms with van der Waals surface area (Å²) >= 11 is 0. The number of esters is 1. The Balaban J connectivity index is 2.36. The van der Waals surface area contributed by atoms with Crippen LogP contribution in [0.1, 0.15) is 5.56 Å². The molecule has 0 bridgehead atoms. The minimum atomic E-state index is -0.672. The van der Waals surface area contributed by atoms with Crippen LogP contribution in [-0.2, 0) is 19.1 Å². The van der Waals surface area contributed by atoms with E-state index in [4.69, 9.17) is 10.5 Å². The molecular weight excluding hydrogens is 276 g/mol. The van der Waals surface area contributed by atoms with Gasteiger partial charge in [-0.05, 0) is 23.8 Å². The summed E-state index contributed by atoms with van der Waals surface area (Å²) in [5.74, 6) is -1.23. The van der Waals surface area contributed by atoms with Crippen LogP contribution in [0, 0.1) is 0 Å². The van der Waals surface area contributed by atoms with E-state index >= 15 is 0 Å². The van der Waals surface area contributed by atoms with Crippen molar-refractivity contribution < 1.29 is 23.9 Å². The van der Waals surface area contributed by atoms with Crippen molar-refractivity contribution in [1.29, 1.82) is 0 Å². The fraction of sp³-hybridized carbons (Fsp3) is 0.214. The average molecular weight is 292 g/mol. The molecule has 0 aromatic heterocycles. The summed E-state index contributed by atoms with van der Waals surface area (Å²) in [7, 11) is 1.56. The smallest absolute Gasteiger partial charge is 0.331 e. The molecule has 0 saturated carbocycles. The number of hydrogen-bond donors (Lipinski definition) is 2. The molecule has 7 nitrogen and oxygen atoms in total. The summed E-state index contributed by atoms with van der Waals surface area (Å²) in [6, 6.07) is 7.04. The molecule has 0 spiro atoms. The van der Waals surface area contributed by atoms with Crippen LogP contribution >= 0.6 is 0 Å². The molecule has 0 heterocycles. The molecule has 1 aromatic rings. The first-order valence-corrected chi connectivity index (χ1v) is 6.05. The zero-order chi connectivity index (χ0) is 15.7. The molecule has 0 atom stereocenters. The Labute approximate surface area is 121 Å². The molecule has 0 aliphatic heterocycles. The first-order valence-electron chi connectivity index (χ1n) is 6.05. The topological polar surface area (TPSA) is 108 Å². The predicted molar refractivity (Wildman–Crippen MR) is 75.2 cm³/mol. The third-order valence-electron chi connectivity index (χ3n) is 2.33. The Bertz CT molecular complexity index is 537. The van der Waals surface area contributed by atoms with Crippen LogP contribution in [0.15, 0.2) is 30.3 Å². The van der Waals surface area contributed by atoms with Gasteiger partial charge in [0.05, 0.1) is 13.7 Å². The van der Waals surface area contributed by atoms with Gasteiger partial charge in [-0.2, -0.15) is 0 Å². The molecule has 1 rings (SSSR count). The fourth-order valence-electron chi connectivity index (χ4n) is 1.30. The number of carbonyl (C=O) groups is 3. The van der Waals surface area contributed by atoms with Crippen molar-refractivity contribution in [3.8, 4) is 5.75 Å². The van der Waals surface area contributed by atoms with Gasteiger partial charge in [-0.1, -0.05) is 12.1 Å². The predicted octanol–water partition coefficient (Wildman–Crippen LogP) is -0.147. The Morgan fingerprint density at radius 2 is 1.90 bits per heavy atom. The number of benzene rings is 1. The van der Waals surface area contributed by atoms with Gasteiger partial charge in [0.25, 0.3) is 5.91 Å². The molecule has 0 aliphatic carbocycles. The molecule has 7 heteroatoms. The van der Waals surface area contributed by atoms with Crippen molar-refractivity contribution in [2.24, 2.45) is 5.73 Å². The Hall–Kier alpha value is -2.83. The molecule has 0 saturated heterocycles. The number of carbonyl (C=O) groups excluding carboxylic acids is 3. The van der Waals surface area contributed by atoms with Gasteiger partial charge in [0.15, 0.2) is 6.61 Å². The molecule has 0 unspecified atom stereocenters. The monoisotopic (exact) mass is 292 g/mol. The van der Waals surface area contributed by atoms with Crippen LogP contribution in [0.3, 0.4) is 0 Å². The summed E-state index contributed by atoms with van der Waals surface area (Å²) in [6.45, 7) is -0.767. The molecule has 3 N–H and O–H groups in total. The van der Waals surface area contributed by atoms with Crippen LogP contribution in [-0.4, -0.2) is 38.0 Å². The molecule has 2 amide bonds. The number of nitrogens with two attached hydrogens (primary N) is 1. The summed E-state index contributed by atoms with van der Waals surface area (Å²) in [5.41, 5.74) is 5.63. The molecule has 0 fully saturated rings. The molecule has 1 aromatic carbocycles. The van der Waals surface area contributed by atoms with Gasteiger partial charge in [-0.15, -0.1) is 0 Å². The second-order valence-corrected chi connectivity index (χ2v) is 3.96. The maximum Gasteiger partial charge on any atom is 0.331 e. The Morgan fingerprint density at radius 1 is 1.24 bits per heavy atom. The minimum absolute atomic E-state index is 0.294. The van der Waals surface area contributed by atoms with E-state index in [1.54, 1.807) is 37.5 Å². The van der Waals surface area contributed by atoms with Crippen LogP contribution < -0.4 is 15.8 Å². The van der Waals surface area contributed by atoms with Gasteiger partial charge >= 0.3 is 5.97 Å². The van der Waals surface area contributed by atoms with Gasteiger partial charge in [-0.3, -0.25) is 9.59 Å². The van der Waals surface area contributed by atoms with Crippen molar-refractivity contribution in [1.82, 2.24) is 5.32 Å². The van der Waals surface area contributed by atoms with E-state index in [0.29, 0.717) is 5.75 Å². The van der Waals surface area contributed by atoms with Crippen molar-refractivity contribution in [2.75, 3.05) is 20.3 Å². The normalized spacial score (nSPS) is 10.1. The second kappa shape index (κ2) is 8.36. The first-order chi connectivity index (χ1) is 10.0. The van der Waals surface area contributed by atoms with Crippen LogP contribution in [0.4, 0.5) is 0 Å². The Kier molecular flexibility index (Phi) is 6.46. The van der Waals surface area contributed by atoms with Crippen molar-refractivity contribution in [2.45, 2.75) is 0 Å². The van der Waals surface area contributed by atoms with Crippen LogP contribution in [0.2, 0.25) is 0 Å². The number of rotatable bonds is 7. The van der Waals surface area contributed by atoms with Crippen LogP contribution in [0.25, 0.3) is 6.08 Å². The van der Waals surface area contributed by atoms with Crippen molar-refractivity contribution >= 4 is 23.9 Å². The molecule has 0 aliphatic rings. The standard InChI is InChI=1S/C14H16N2O5/c1-20-11-5-2-10(3-6-11)4-7-14(19)21-9-13(18)16-8-12(15)17/h2-7H,8-9H2,1H3,(H2,15,17)(H,16,18)/b7-4+. The lowest BCUT2D eigenvalue weighted by Crippen LogP contribution is -2.35. The quantitative estimate of drug-likeness (QED) is 0.537. The molecule has 21 heavy (non-hydrogen) atoms. The Morgan fingerprint density at radius 3 is 2.48 bits per heavy atom. The van der Waals surface area contributed by atoms with Gasteiger partial charge in [0.2, 0.25) is 5.91 Å². The lowest BCUT2D eigenvalue weighted by Gasteiger charge is -2.03. The zero-order valence-corrected chi connectivity index (χ0v) is 11.5. The van der Waals surface area contributed by atoms with Gasteiger partial charge < -0.3 is 20.5 Å². The summed E-state index contributed by atoms with van der Waals surface area (Å²) in [6.07, 6.45) is 2.74. The summed E-state index contributed by atoms with van der Waals surface area (Å²) in [4.78, 5) is 33.0. The lowest BCUT2D eigenvalue weighted by atomic mass is 10.2. The molecule has 112 valence electrons. The highest BCUT2D eigenvalue weighted by Gasteiger charge is 2.05. The summed E-state index contributed by atoms with van der Waals surface area (Å²) in [5, 5.41) is 2.20. The van der Waals surface area contributed by atoms with Gasteiger partial charge in [0.1, 0.15) is 5.75 Å². The number of primary amides is 1. The van der Waals surface area contributed by atoms with Crippen molar-refractivity contribution in [3.05, 3.63) is 35.9 Å². The van der Waals surface area contributed by atoms with E-state index in [9.17, 15) is 14.4 Å². The SMILES string of the molecule is COc1ccc(/C=C/C(=O)OCC(=O)NCC(N)=O)cc1. The highest BCUT2D eigenvalue weighted by Crippen LogP contribution is 2.12. The molecular formula is C14H16N2O5. The first kappa shape index (κ1) is 16.2.